The average Bonchev–Trinajstić information content (AvgIpc) is 3.04. The number of urea groups is 1. The van der Waals surface area contributed by atoms with Gasteiger partial charge in [0, 0.05) is 29.7 Å². The number of ether oxygens (including phenoxy) is 2. The number of carbonyl (C=O) groups excluding carboxylic acids is 4. The highest BCUT2D eigenvalue weighted by Crippen LogP contribution is 2.36. The number of rotatable bonds is 8. The Hall–Kier alpha value is -5.89. The lowest BCUT2D eigenvalue weighted by Gasteiger charge is -2.12. The Morgan fingerprint density at radius 2 is 1.50 bits per heavy atom. The number of esters is 1. The van der Waals surface area contributed by atoms with Crippen LogP contribution < -0.4 is 26.2 Å². The summed E-state index contributed by atoms with van der Waals surface area (Å²) in [4.78, 5) is 52.4. The van der Waals surface area contributed by atoms with Crippen molar-refractivity contribution in [3.63, 3.8) is 0 Å². The predicted octanol–water partition coefficient (Wildman–Crippen LogP) is 6.45. The van der Waals surface area contributed by atoms with E-state index in [4.69, 9.17) is 16.3 Å². The minimum Gasteiger partial charge on any atom is -0.465 e. The fourth-order valence-electron chi connectivity index (χ4n) is 3.70. The molecule has 46 heavy (non-hydrogen) atoms. The van der Waals surface area contributed by atoms with Gasteiger partial charge in [0.25, 0.3) is 11.8 Å². The number of anilines is 2. The van der Waals surface area contributed by atoms with Crippen LogP contribution in [-0.2, 0) is 15.7 Å². The van der Waals surface area contributed by atoms with Gasteiger partial charge in [-0.05, 0) is 72.3 Å². The van der Waals surface area contributed by atoms with Crippen molar-refractivity contribution >= 4 is 52.9 Å². The maximum Gasteiger partial charge on any atom is 0.417 e. The number of nitrogens with zero attached hydrogens (tertiary/aromatic N) is 1. The molecule has 4 aromatic rings. The second-order valence-corrected chi connectivity index (χ2v) is 9.57. The number of aromatic nitrogens is 1. The fourth-order valence-corrected chi connectivity index (χ4v) is 3.92. The van der Waals surface area contributed by atoms with Gasteiger partial charge >= 0.3 is 18.2 Å². The first-order valence-corrected chi connectivity index (χ1v) is 13.4. The number of amides is 4. The number of halogens is 4. The molecular weight excluding hydrogens is 631 g/mol. The molecule has 236 valence electrons. The summed E-state index contributed by atoms with van der Waals surface area (Å²) in [6.45, 7) is 0. The number of hydrazine groups is 1. The zero-order chi connectivity index (χ0) is 33.3. The quantitative estimate of drug-likeness (QED) is 0.0970. The number of methoxy groups -OCH3 is 1. The Morgan fingerprint density at radius 3 is 2.17 bits per heavy atom. The number of benzene rings is 3. The molecule has 4 N–H and O–H groups in total. The van der Waals surface area contributed by atoms with Gasteiger partial charge in [0.15, 0.2) is 0 Å². The summed E-state index contributed by atoms with van der Waals surface area (Å²) in [7, 11) is 1.27. The third-order valence-corrected chi connectivity index (χ3v) is 6.23. The molecule has 0 saturated carbocycles. The summed E-state index contributed by atoms with van der Waals surface area (Å²) in [6.07, 6.45) is -0.692. The minimum atomic E-state index is -4.68. The van der Waals surface area contributed by atoms with Crippen molar-refractivity contribution in [1.29, 1.82) is 0 Å². The van der Waals surface area contributed by atoms with Crippen LogP contribution in [-0.4, -0.2) is 35.9 Å². The number of nitrogens with one attached hydrogen (secondary N) is 4. The van der Waals surface area contributed by atoms with Crippen LogP contribution in [0.3, 0.4) is 0 Å². The molecule has 0 bridgehead atoms. The Bertz CT molecular complexity index is 1780. The molecule has 0 spiro atoms. The van der Waals surface area contributed by atoms with E-state index in [1.165, 1.54) is 67.9 Å². The molecule has 11 nitrogen and oxygen atoms in total. The molecule has 4 rings (SSSR count). The van der Waals surface area contributed by atoms with E-state index in [1.807, 2.05) is 0 Å². The van der Waals surface area contributed by atoms with Crippen molar-refractivity contribution in [3.05, 3.63) is 119 Å². The summed E-state index contributed by atoms with van der Waals surface area (Å²) < 4.78 is 49.6. The fraction of sp³-hybridized carbons (Fsp3) is 0.0645. The molecule has 3 aromatic carbocycles. The summed E-state index contributed by atoms with van der Waals surface area (Å²) in [5.74, 6) is -1.26. The Morgan fingerprint density at radius 1 is 0.826 bits per heavy atom. The van der Waals surface area contributed by atoms with Gasteiger partial charge in [-0.15, -0.1) is 0 Å². The van der Waals surface area contributed by atoms with Crippen LogP contribution in [0.25, 0.3) is 6.08 Å². The van der Waals surface area contributed by atoms with E-state index in [2.05, 4.69) is 31.2 Å². The van der Waals surface area contributed by atoms with E-state index in [1.54, 1.807) is 24.3 Å². The lowest BCUT2D eigenvalue weighted by atomic mass is 10.1. The van der Waals surface area contributed by atoms with E-state index in [0.717, 1.165) is 12.1 Å². The first-order chi connectivity index (χ1) is 21.9. The molecular formula is C31H23ClF3N5O6. The number of hydrogen-bond donors (Lipinski definition) is 4. The van der Waals surface area contributed by atoms with E-state index in [0.29, 0.717) is 22.6 Å². The summed E-state index contributed by atoms with van der Waals surface area (Å²) in [5.41, 5.74) is 4.52. The van der Waals surface area contributed by atoms with Crippen molar-refractivity contribution in [2.24, 2.45) is 0 Å². The van der Waals surface area contributed by atoms with E-state index in [-0.39, 0.29) is 17.1 Å². The van der Waals surface area contributed by atoms with Crippen LogP contribution in [0.4, 0.5) is 29.3 Å². The molecule has 0 unspecified atom stereocenters. The number of alkyl halides is 3. The van der Waals surface area contributed by atoms with Crippen molar-refractivity contribution in [2.45, 2.75) is 6.18 Å². The number of carbonyl (C=O) groups is 4. The smallest absolute Gasteiger partial charge is 0.417 e. The van der Waals surface area contributed by atoms with Crippen molar-refractivity contribution < 1.29 is 41.8 Å². The Kier molecular flexibility index (Phi) is 10.6. The number of hydrogen-bond acceptors (Lipinski definition) is 7. The molecule has 1 aromatic heterocycles. The molecule has 1 heterocycles. The molecule has 0 aliphatic heterocycles. The third-order valence-electron chi connectivity index (χ3n) is 5.90. The highest BCUT2D eigenvalue weighted by molar-refractivity contribution is 6.31. The lowest BCUT2D eigenvalue weighted by Crippen LogP contribution is -2.41. The Balaban J connectivity index is 1.27. The second-order valence-electron chi connectivity index (χ2n) is 9.17. The van der Waals surface area contributed by atoms with Crippen molar-refractivity contribution in [2.75, 3.05) is 17.7 Å². The van der Waals surface area contributed by atoms with Crippen LogP contribution in [0.1, 0.15) is 32.0 Å². The molecule has 0 aliphatic carbocycles. The average molecular weight is 654 g/mol. The van der Waals surface area contributed by atoms with Crippen LogP contribution in [0, 0.1) is 0 Å². The van der Waals surface area contributed by atoms with Gasteiger partial charge in [-0.2, -0.15) is 13.2 Å². The predicted molar refractivity (Wildman–Crippen MR) is 162 cm³/mol. The lowest BCUT2D eigenvalue weighted by molar-refractivity contribution is -0.137. The van der Waals surface area contributed by atoms with Gasteiger partial charge < -0.3 is 20.1 Å². The molecule has 4 amide bonds. The normalized spacial score (nSPS) is 11.0. The standard InChI is InChI=1S/C31H23ClF3N5O6/c1-45-29(43)19-5-2-18(3-6-19)4-13-27(41)39-40-28(42)26-17-23(14-15-36-26)46-22-10-7-20(8-11-22)37-30(44)38-21-9-12-25(32)24(16-21)31(33,34)35/h2-17H,1H3,(H,39,41)(H,40,42)(H2,37,38,44)/b13-4+. The summed E-state index contributed by atoms with van der Waals surface area (Å²) in [5, 5.41) is 4.31. The van der Waals surface area contributed by atoms with Crippen LogP contribution >= 0.6 is 11.6 Å². The second kappa shape index (κ2) is 14.7. The van der Waals surface area contributed by atoms with Crippen LogP contribution in [0.2, 0.25) is 5.02 Å². The highest BCUT2D eigenvalue weighted by Gasteiger charge is 2.33. The first-order valence-electron chi connectivity index (χ1n) is 13.1. The third kappa shape index (κ3) is 9.30. The molecule has 0 radical (unpaired) electrons. The van der Waals surface area contributed by atoms with Gasteiger partial charge in [0.2, 0.25) is 0 Å². The summed E-state index contributed by atoms with van der Waals surface area (Å²) >= 11 is 5.60. The van der Waals surface area contributed by atoms with Gasteiger partial charge in [0.1, 0.15) is 17.2 Å². The highest BCUT2D eigenvalue weighted by atomic mass is 35.5. The molecule has 15 heteroatoms. The Labute approximate surface area is 264 Å². The maximum atomic E-state index is 13.1. The van der Waals surface area contributed by atoms with Crippen LogP contribution in [0.15, 0.2) is 91.1 Å². The molecule has 0 aliphatic rings. The zero-order valence-corrected chi connectivity index (χ0v) is 24.4. The minimum absolute atomic E-state index is 0.0639. The van der Waals surface area contributed by atoms with Crippen LogP contribution in [0.5, 0.6) is 11.5 Å². The largest absolute Gasteiger partial charge is 0.465 e. The van der Waals surface area contributed by atoms with E-state index < -0.39 is 40.6 Å². The first kappa shape index (κ1) is 33.0. The van der Waals surface area contributed by atoms with Crippen molar-refractivity contribution in [1.82, 2.24) is 15.8 Å². The van der Waals surface area contributed by atoms with E-state index >= 15 is 0 Å². The topological polar surface area (TPSA) is 148 Å². The monoisotopic (exact) mass is 653 g/mol. The molecule has 0 saturated heterocycles. The SMILES string of the molecule is COC(=O)c1ccc(/C=C/C(=O)NNC(=O)c2cc(Oc3ccc(NC(=O)Nc4ccc(Cl)c(C(F)(F)F)c4)cc3)ccn2)cc1. The zero-order valence-electron chi connectivity index (χ0n) is 23.6. The van der Waals surface area contributed by atoms with E-state index in [9.17, 15) is 32.3 Å². The van der Waals surface area contributed by atoms with Gasteiger partial charge in [-0.1, -0.05) is 23.7 Å². The van der Waals surface area contributed by atoms with Gasteiger partial charge in [-0.25, -0.2) is 9.59 Å². The number of pyridine rings is 1. The maximum absolute atomic E-state index is 13.1. The van der Waals surface area contributed by atoms with Crippen molar-refractivity contribution in [3.8, 4) is 11.5 Å². The molecule has 0 atom stereocenters. The van der Waals surface area contributed by atoms with Gasteiger partial charge in [-0.3, -0.25) is 25.4 Å². The summed E-state index contributed by atoms with van der Waals surface area (Å²) in [6, 6.07) is 17.4. The van der Waals surface area contributed by atoms with Gasteiger partial charge in [0.05, 0.1) is 23.3 Å². The molecule has 0 fully saturated rings.